The Bertz CT molecular complexity index is 2210. The van der Waals surface area contributed by atoms with Crippen LogP contribution in [-0.2, 0) is 52.1 Å². The highest BCUT2D eigenvalue weighted by molar-refractivity contribution is 6.04. The monoisotopic (exact) mass is 790 g/mol. The van der Waals surface area contributed by atoms with Crippen molar-refractivity contribution >= 4 is 70.4 Å². The Kier molecular flexibility index (Phi) is 11.9. The largest absolute Gasteiger partial charge is 0.481 e. The summed E-state index contributed by atoms with van der Waals surface area (Å²) in [5.41, 5.74) is -0.938. The molecule has 21 nitrogen and oxygen atoms in total. The van der Waals surface area contributed by atoms with Crippen LogP contribution in [-0.4, -0.2) is 98.5 Å². The summed E-state index contributed by atoms with van der Waals surface area (Å²) in [5, 5.41) is 22.9. The lowest BCUT2D eigenvalue weighted by Gasteiger charge is -2.49. The predicted molar refractivity (Wildman–Crippen MR) is 205 cm³/mol. The van der Waals surface area contributed by atoms with Gasteiger partial charge in [-0.2, -0.15) is 0 Å². The Morgan fingerprint density at radius 3 is 1.79 bits per heavy atom. The van der Waals surface area contributed by atoms with E-state index < -0.39 is 52.6 Å². The number of amides is 6. The van der Waals surface area contributed by atoms with Crippen LogP contribution in [0.3, 0.4) is 0 Å². The molecule has 0 aliphatic carbocycles. The first kappa shape index (κ1) is 41.2. The molecule has 6 N–H and O–H groups in total. The number of carbonyl (C=O) groups is 7. The molecule has 0 radical (unpaired) electrons. The van der Waals surface area contributed by atoms with Crippen LogP contribution >= 0.6 is 0 Å². The third-order valence-corrected chi connectivity index (χ3v) is 8.78. The molecule has 4 aromatic heterocycles. The van der Waals surface area contributed by atoms with Gasteiger partial charge in [0.05, 0.1) is 17.8 Å². The second-order valence-electron chi connectivity index (χ2n) is 15.0. The van der Waals surface area contributed by atoms with E-state index in [2.05, 4.69) is 36.6 Å². The fourth-order valence-electron chi connectivity index (χ4n) is 6.20. The Labute approximate surface area is 326 Å². The number of carbonyl (C=O) groups excluding carboxylic acids is 6. The van der Waals surface area contributed by atoms with Crippen LogP contribution < -0.4 is 26.6 Å². The van der Waals surface area contributed by atoms with Gasteiger partial charge in [0, 0.05) is 109 Å². The molecule has 5 heterocycles. The molecule has 0 unspecified atom stereocenters. The average Bonchev–Trinajstić information content (AvgIpc) is 3.84. The minimum Gasteiger partial charge on any atom is -0.481 e. The number of carboxylic acids is 1. The van der Waals surface area contributed by atoms with Gasteiger partial charge in [0.2, 0.25) is 23.5 Å². The van der Waals surface area contributed by atoms with Crippen molar-refractivity contribution in [1.29, 1.82) is 0 Å². The van der Waals surface area contributed by atoms with Crippen LogP contribution in [0.15, 0.2) is 43.1 Å². The van der Waals surface area contributed by atoms with Gasteiger partial charge < -0.3 is 59.6 Å². The summed E-state index contributed by atoms with van der Waals surface area (Å²) < 4.78 is 11.5. The molecule has 0 saturated carbocycles. The van der Waals surface area contributed by atoms with Crippen LogP contribution in [0, 0.1) is 5.41 Å². The van der Waals surface area contributed by atoms with Gasteiger partial charge in [0.1, 0.15) is 17.2 Å². The van der Waals surface area contributed by atoms with Crippen molar-refractivity contribution in [3.63, 3.8) is 0 Å². The number of nitrogens with one attached hydrogen (secondary N) is 5. The van der Waals surface area contributed by atoms with Gasteiger partial charge in [0.15, 0.2) is 11.6 Å². The molecule has 1 aliphatic heterocycles. The lowest BCUT2D eigenvalue weighted by molar-refractivity contribution is -0.144. The van der Waals surface area contributed by atoms with Gasteiger partial charge in [-0.3, -0.25) is 28.8 Å². The Balaban J connectivity index is 1.09. The number of rotatable bonds is 14. The third kappa shape index (κ3) is 10.6. The minimum absolute atomic E-state index is 0.0397. The van der Waals surface area contributed by atoms with Gasteiger partial charge in [-0.1, -0.05) is 0 Å². The van der Waals surface area contributed by atoms with E-state index in [9.17, 15) is 38.7 Å². The molecule has 21 heteroatoms. The molecule has 1 aliphatic rings. The van der Waals surface area contributed by atoms with Gasteiger partial charge in [0.25, 0.3) is 11.8 Å². The molecule has 5 rings (SSSR count). The number of ether oxygens (including phenoxy) is 1. The first-order valence-corrected chi connectivity index (χ1v) is 17.7. The van der Waals surface area contributed by atoms with E-state index in [1.165, 1.54) is 27.9 Å². The van der Waals surface area contributed by atoms with Crippen molar-refractivity contribution < 1.29 is 43.4 Å². The van der Waals surface area contributed by atoms with E-state index in [0.29, 0.717) is 23.0 Å². The molecule has 1 saturated heterocycles. The van der Waals surface area contributed by atoms with E-state index in [-0.39, 0.29) is 56.2 Å². The van der Waals surface area contributed by atoms with Crippen LogP contribution in [0.4, 0.5) is 33.6 Å². The van der Waals surface area contributed by atoms with Crippen LogP contribution in [0.1, 0.15) is 67.7 Å². The van der Waals surface area contributed by atoms with Crippen molar-refractivity contribution in [2.45, 2.75) is 52.1 Å². The predicted octanol–water partition coefficient (Wildman–Crippen LogP) is 2.73. The van der Waals surface area contributed by atoms with Gasteiger partial charge in [-0.15, -0.1) is 0 Å². The van der Waals surface area contributed by atoms with Crippen LogP contribution in [0.5, 0.6) is 0 Å². The van der Waals surface area contributed by atoms with E-state index in [1.54, 1.807) is 87.3 Å². The molecule has 57 heavy (non-hydrogen) atoms. The lowest BCUT2D eigenvalue weighted by atomic mass is 9.74. The summed E-state index contributed by atoms with van der Waals surface area (Å²) in [6, 6.07) is 3.09. The Hall–Kier alpha value is -6.93. The number of hydrogen-bond donors (Lipinski definition) is 6. The van der Waals surface area contributed by atoms with E-state index in [4.69, 9.17) is 4.74 Å². The van der Waals surface area contributed by atoms with Crippen LogP contribution in [0.25, 0.3) is 0 Å². The van der Waals surface area contributed by atoms with Gasteiger partial charge in [-0.05, 0) is 20.8 Å². The highest BCUT2D eigenvalue weighted by atomic mass is 16.6. The van der Waals surface area contributed by atoms with Crippen LogP contribution in [0.2, 0.25) is 0 Å². The summed E-state index contributed by atoms with van der Waals surface area (Å²) in [6.07, 6.45) is 6.34. The molecule has 4 aromatic rings. The fourth-order valence-corrected chi connectivity index (χ4v) is 6.20. The van der Waals surface area contributed by atoms with Crippen molar-refractivity contribution in [3.05, 3.63) is 54.8 Å². The zero-order valence-electron chi connectivity index (χ0n) is 32.6. The molecular weight excluding hydrogens is 744 g/mol. The number of carboxylic acid groups (broad SMARTS) is 1. The Morgan fingerprint density at radius 1 is 0.719 bits per heavy atom. The summed E-state index contributed by atoms with van der Waals surface area (Å²) in [4.78, 5) is 97.6. The van der Waals surface area contributed by atoms with Crippen molar-refractivity contribution in [2.75, 3.05) is 39.7 Å². The second kappa shape index (κ2) is 16.4. The Morgan fingerprint density at radius 2 is 1.26 bits per heavy atom. The summed E-state index contributed by atoms with van der Waals surface area (Å²) in [6.45, 7) is 5.26. The highest BCUT2D eigenvalue weighted by Gasteiger charge is 2.49. The molecular formula is C36H46N12O9. The molecule has 0 atom stereocenters. The molecule has 6 amide bonds. The first-order chi connectivity index (χ1) is 26.7. The molecule has 0 bridgehead atoms. The molecule has 0 spiro atoms. The summed E-state index contributed by atoms with van der Waals surface area (Å²) in [7, 11) is 6.58. The molecule has 0 aromatic carbocycles. The summed E-state index contributed by atoms with van der Waals surface area (Å²) in [5.74, 6) is -2.58. The number of aliphatic carboxylic acids is 1. The average molecular weight is 791 g/mol. The number of anilines is 5. The first-order valence-electron chi connectivity index (χ1n) is 17.7. The maximum atomic E-state index is 13.2. The number of nitrogens with zero attached hydrogens (tertiary/aromatic N) is 7. The summed E-state index contributed by atoms with van der Waals surface area (Å²) >= 11 is 0. The van der Waals surface area contributed by atoms with Crippen molar-refractivity contribution in [2.24, 2.45) is 33.6 Å². The topological polar surface area (TPSA) is 258 Å². The number of likely N-dealkylation sites (tertiary alicyclic amines) is 1. The van der Waals surface area contributed by atoms with E-state index >= 15 is 0 Å². The standard InChI is InChI=1S/C36H46N12O9/c1-35(2,3)57-34(56)48-19-36(20-48,15-29(52)53)14-28(51)43-25-13-22(17-46(25)6)39-33(55)31-41-23(18-47(31)7)40-26(49)8-9-27(50)42-24-12-21(16-45(24)5)38-32(54)30-37-10-11-44(30)4/h10-13,16-18H,8-9,14-15,19-20H2,1-7H3,(H,38,54)(H,39,55)(H,40,49)(H,42,50)(H,43,51)(H,52,53). The maximum absolute atomic E-state index is 13.2. The fraction of sp³-hybridized carbons (Fsp3) is 0.417. The van der Waals surface area contributed by atoms with E-state index in [0.717, 1.165) is 0 Å². The van der Waals surface area contributed by atoms with Crippen molar-refractivity contribution in [1.82, 2.24) is 33.1 Å². The van der Waals surface area contributed by atoms with E-state index in [1.807, 2.05) is 0 Å². The second-order valence-corrected chi connectivity index (χ2v) is 15.0. The lowest BCUT2D eigenvalue weighted by Crippen LogP contribution is -2.60. The molecule has 1 fully saturated rings. The number of imidazole rings is 2. The molecule has 304 valence electrons. The van der Waals surface area contributed by atoms with Gasteiger partial charge in [-0.25, -0.2) is 14.8 Å². The van der Waals surface area contributed by atoms with Crippen molar-refractivity contribution in [3.8, 4) is 0 Å². The number of hydrogen-bond acceptors (Lipinski definition) is 10. The number of aryl methyl sites for hydroxylation is 4. The third-order valence-electron chi connectivity index (χ3n) is 8.78. The number of aromatic nitrogens is 6. The van der Waals surface area contributed by atoms with Gasteiger partial charge >= 0.3 is 12.1 Å². The smallest absolute Gasteiger partial charge is 0.410 e. The SMILES string of the molecule is Cn1cc(NC(=O)c2nccn2C)cc1NC(=O)CCC(=O)Nc1cn(C)c(C(=O)Nc2cc(NC(=O)CC3(CC(=O)O)CN(C(=O)OC(C)(C)C)C3)n(C)c2)n1. The quantitative estimate of drug-likeness (QED) is 0.108. The zero-order valence-corrected chi connectivity index (χ0v) is 32.6. The minimum atomic E-state index is -1.10. The highest BCUT2D eigenvalue weighted by Crippen LogP contribution is 2.39. The maximum Gasteiger partial charge on any atom is 0.410 e. The zero-order chi connectivity index (χ0) is 41.8. The normalized spacial score (nSPS) is 13.3.